The number of nitrogens with two attached hydrogens (primary N) is 1. The highest BCUT2D eigenvalue weighted by atomic mass is 35.5. The number of hydrogen-bond acceptors (Lipinski definition) is 3. The van der Waals surface area contributed by atoms with E-state index >= 15 is 0 Å². The Balaban J connectivity index is 0.00000128. The van der Waals surface area contributed by atoms with Gasteiger partial charge in [0.2, 0.25) is 0 Å². The van der Waals surface area contributed by atoms with Crippen LogP contribution in [0.3, 0.4) is 0 Å². The third kappa shape index (κ3) is 2.92. The smallest absolute Gasteiger partial charge is 0.141 e. The fourth-order valence-corrected chi connectivity index (χ4v) is 1.47. The highest BCUT2D eigenvalue weighted by molar-refractivity contribution is 6.30. The standard InChI is InChI=1S/C11H10ClN3.ClH/c12-10-3-1-2-8(4-10)9-6-14-11(5-13)15-7-9;/h1-4,6-7H,5,13H2;1H. The van der Waals surface area contributed by atoms with E-state index in [9.17, 15) is 0 Å². The fourth-order valence-electron chi connectivity index (χ4n) is 1.28. The zero-order chi connectivity index (χ0) is 10.7. The van der Waals surface area contributed by atoms with Gasteiger partial charge in [0.25, 0.3) is 0 Å². The van der Waals surface area contributed by atoms with Gasteiger partial charge in [0, 0.05) is 23.0 Å². The van der Waals surface area contributed by atoms with Crippen LogP contribution >= 0.6 is 24.0 Å². The first-order chi connectivity index (χ1) is 7.29. The Morgan fingerprint density at radius 3 is 2.38 bits per heavy atom. The molecule has 5 heteroatoms. The third-order valence-electron chi connectivity index (χ3n) is 2.05. The molecule has 3 nitrogen and oxygen atoms in total. The number of nitrogens with zero attached hydrogens (tertiary/aromatic N) is 2. The van der Waals surface area contributed by atoms with Crippen LogP contribution in [-0.2, 0) is 6.54 Å². The van der Waals surface area contributed by atoms with Gasteiger partial charge in [0.05, 0.1) is 6.54 Å². The van der Waals surface area contributed by atoms with Crippen molar-refractivity contribution >= 4 is 24.0 Å². The van der Waals surface area contributed by atoms with Gasteiger partial charge in [-0.25, -0.2) is 9.97 Å². The molecule has 0 fully saturated rings. The minimum absolute atomic E-state index is 0. The van der Waals surface area contributed by atoms with Crippen molar-refractivity contribution in [3.05, 3.63) is 47.5 Å². The summed E-state index contributed by atoms with van der Waals surface area (Å²) in [5.74, 6) is 0.640. The molecule has 0 spiro atoms. The summed E-state index contributed by atoms with van der Waals surface area (Å²) in [6.45, 7) is 0.357. The van der Waals surface area contributed by atoms with Crippen LogP contribution in [-0.4, -0.2) is 9.97 Å². The first-order valence-electron chi connectivity index (χ1n) is 4.56. The molecule has 0 aliphatic rings. The second kappa shape index (κ2) is 5.80. The van der Waals surface area contributed by atoms with Crippen LogP contribution < -0.4 is 5.73 Å². The van der Waals surface area contributed by atoms with Crippen molar-refractivity contribution in [1.82, 2.24) is 9.97 Å². The molecule has 0 unspecified atom stereocenters. The largest absolute Gasteiger partial charge is 0.324 e. The van der Waals surface area contributed by atoms with Gasteiger partial charge in [0.15, 0.2) is 0 Å². The summed E-state index contributed by atoms with van der Waals surface area (Å²) in [6.07, 6.45) is 3.50. The molecule has 2 rings (SSSR count). The highest BCUT2D eigenvalue weighted by Gasteiger charge is 1.99. The molecule has 0 atom stereocenters. The first-order valence-corrected chi connectivity index (χ1v) is 4.94. The van der Waals surface area contributed by atoms with E-state index in [0.717, 1.165) is 11.1 Å². The van der Waals surface area contributed by atoms with Crippen molar-refractivity contribution in [2.24, 2.45) is 5.73 Å². The first kappa shape index (κ1) is 12.9. The predicted octanol–water partition coefficient (Wildman–Crippen LogP) is 2.68. The monoisotopic (exact) mass is 255 g/mol. The Kier molecular flexibility index (Phi) is 4.68. The van der Waals surface area contributed by atoms with Crippen LogP contribution in [0.25, 0.3) is 11.1 Å². The van der Waals surface area contributed by atoms with Gasteiger partial charge in [-0.3, -0.25) is 0 Å². The van der Waals surface area contributed by atoms with Gasteiger partial charge in [0.1, 0.15) is 5.82 Å². The fraction of sp³-hybridized carbons (Fsp3) is 0.0909. The zero-order valence-corrected chi connectivity index (χ0v) is 10.0. The Bertz CT molecular complexity index is 457. The number of rotatable bonds is 2. The van der Waals surface area contributed by atoms with Crippen LogP contribution in [0.5, 0.6) is 0 Å². The average Bonchev–Trinajstić information content (AvgIpc) is 2.29. The maximum Gasteiger partial charge on any atom is 0.141 e. The second-order valence-corrected chi connectivity index (χ2v) is 3.54. The van der Waals surface area contributed by atoms with Crippen molar-refractivity contribution in [2.45, 2.75) is 6.54 Å². The molecule has 1 aromatic carbocycles. The Morgan fingerprint density at radius 1 is 1.12 bits per heavy atom. The van der Waals surface area contributed by atoms with Gasteiger partial charge in [-0.15, -0.1) is 12.4 Å². The normalized spacial score (nSPS) is 9.62. The van der Waals surface area contributed by atoms with Crippen LogP contribution in [0, 0.1) is 0 Å². The number of aromatic nitrogens is 2. The van der Waals surface area contributed by atoms with E-state index < -0.39 is 0 Å². The summed E-state index contributed by atoms with van der Waals surface area (Å²) in [5.41, 5.74) is 7.36. The number of benzene rings is 1. The highest BCUT2D eigenvalue weighted by Crippen LogP contribution is 2.20. The van der Waals surface area contributed by atoms with E-state index in [1.807, 2.05) is 24.3 Å². The molecule has 2 N–H and O–H groups in total. The van der Waals surface area contributed by atoms with Gasteiger partial charge < -0.3 is 5.73 Å². The van der Waals surface area contributed by atoms with Crippen molar-refractivity contribution in [3.63, 3.8) is 0 Å². The maximum atomic E-state index is 5.89. The summed E-state index contributed by atoms with van der Waals surface area (Å²) < 4.78 is 0. The van der Waals surface area contributed by atoms with Crippen molar-refractivity contribution < 1.29 is 0 Å². The lowest BCUT2D eigenvalue weighted by Crippen LogP contribution is -2.02. The van der Waals surface area contributed by atoms with Gasteiger partial charge >= 0.3 is 0 Å². The van der Waals surface area contributed by atoms with Gasteiger partial charge in [-0.1, -0.05) is 23.7 Å². The third-order valence-corrected chi connectivity index (χ3v) is 2.28. The van der Waals surface area contributed by atoms with E-state index in [4.69, 9.17) is 17.3 Å². The molecule has 0 radical (unpaired) electrons. The molecule has 1 aromatic heterocycles. The molecule has 1 heterocycles. The summed E-state index contributed by atoms with van der Waals surface area (Å²) in [5, 5.41) is 0.704. The van der Waals surface area contributed by atoms with E-state index in [-0.39, 0.29) is 12.4 Å². The minimum Gasteiger partial charge on any atom is -0.324 e. The summed E-state index contributed by atoms with van der Waals surface area (Å²) in [7, 11) is 0. The Hall–Kier alpha value is -1.16. The maximum absolute atomic E-state index is 5.89. The quantitative estimate of drug-likeness (QED) is 0.898. The van der Waals surface area contributed by atoms with Crippen LogP contribution in [0.2, 0.25) is 5.02 Å². The molecule has 2 aromatic rings. The Morgan fingerprint density at radius 2 is 1.81 bits per heavy atom. The topological polar surface area (TPSA) is 51.8 Å². The SMILES string of the molecule is Cl.NCc1ncc(-c2cccc(Cl)c2)cn1. The van der Waals surface area contributed by atoms with Gasteiger partial charge in [-0.2, -0.15) is 0 Å². The Labute approximate surface area is 105 Å². The van der Waals surface area contributed by atoms with Crippen LogP contribution in [0.15, 0.2) is 36.7 Å². The molecular weight excluding hydrogens is 245 g/mol. The van der Waals surface area contributed by atoms with E-state index in [1.165, 1.54) is 0 Å². The molecule has 0 aliphatic heterocycles. The summed E-state index contributed by atoms with van der Waals surface area (Å²) >= 11 is 5.89. The van der Waals surface area contributed by atoms with E-state index in [0.29, 0.717) is 17.4 Å². The van der Waals surface area contributed by atoms with Gasteiger partial charge in [-0.05, 0) is 17.7 Å². The zero-order valence-electron chi connectivity index (χ0n) is 8.43. The number of hydrogen-bond donors (Lipinski definition) is 1. The molecule has 84 valence electrons. The summed E-state index contributed by atoms with van der Waals surface area (Å²) in [6, 6.07) is 7.57. The molecule has 0 saturated carbocycles. The molecular formula is C11H11Cl2N3. The van der Waals surface area contributed by atoms with Crippen LogP contribution in [0.4, 0.5) is 0 Å². The number of halogens is 2. The molecule has 0 bridgehead atoms. The second-order valence-electron chi connectivity index (χ2n) is 3.10. The molecule has 0 saturated heterocycles. The summed E-state index contributed by atoms with van der Waals surface area (Å²) in [4.78, 5) is 8.25. The lowest BCUT2D eigenvalue weighted by molar-refractivity contribution is 0.910. The lowest BCUT2D eigenvalue weighted by Gasteiger charge is -2.01. The van der Waals surface area contributed by atoms with Crippen molar-refractivity contribution in [2.75, 3.05) is 0 Å². The predicted molar refractivity (Wildman–Crippen MR) is 67.6 cm³/mol. The van der Waals surface area contributed by atoms with Crippen molar-refractivity contribution in [1.29, 1.82) is 0 Å². The molecule has 16 heavy (non-hydrogen) atoms. The van der Waals surface area contributed by atoms with E-state index in [1.54, 1.807) is 12.4 Å². The van der Waals surface area contributed by atoms with Crippen molar-refractivity contribution in [3.8, 4) is 11.1 Å². The van der Waals surface area contributed by atoms with E-state index in [2.05, 4.69) is 9.97 Å². The molecule has 0 amide bonds. The minimum atomic E-state index is 0. The lowest BCUT2D eigenvalue weighted by atomic mass is 10.1. The van der Waals surface area contributed by atoms with Crippen LogP contribution in [0.1, 0.15) is 5.82 Å². The average molecular weight is 256 g/mol. The molecule has 0 aliphatic carbocycles.